The second-order valence-corrected chi connectivity index (χ2v) is 3.55. The predicted octanol–water partition coefficient (Wildman–Crippen LogP) is 2.32. The summed E-state index contributed by atoms with van der Waals surface area (Å²) in [5.41, 5.74) is 10.3. The molecule has 4 N–H and O–H groups in total. The number of benzene rings is 1. The summed E-state index contributed by atoms with van der Waals surface area (Å²) in [6.45, 7) is 0.0671. The minimum atomic E-state index is -4.42. The monoisotopic (exact) mass is 238 g/mol. The first kappa shape index (κ1) is 12.3. The molecule has 1 aromatic carbocycles. The lowest BCUT2D eigenvalue weighted by Gasteiger charge is -2.13. The number of hydrogen-bond acceptors (Lipinski definition) is 2. The standard InChI is InChI=1S/C9H10ClF3N2/c10-7-2-5(8(15)4-14)1-6(3-7)9(11,12)13/h1-3,8H,4,14-15H2/t8-/m0/s1. The highest BCUT2D eigenvalue weighted by Gasteiger charge is 2.31. The summed E-state index contributed by atoms with van der Waals surface area (Å²) in [5, 5.41) is 0.00345. The molecular formula is C9H10ClF3N2. The Hall–Kier alpha value is -0.780. The third kappa shape index (κ3) is 3.09. The summed E-state index contributed by atoms with van der Waals surface area (Å²) < 4.78 is 37.2. The Morgan fingerprint density at radius 2 is 1.87 bits per heavy atom. The van der Waals surface area contributed by atoms with Crippen LogP contribution in [0.4, 0.5) is 13.2 Å². The summed E-state index contributed by atoms with van der Waals surface area (Å²) in [5.74, 6) is 0. The van der Waals surface area contributed by atoms with Crippen LogP contribution in [0.25, 0.3) is 0 Å². The van der Waals surface area contributed by atoms with Crippen LogP contribution in [0.2, 0.25) is 5.02 Å². The third-order valence-electron chi connectivity index (χ3n) is 1.93. The molecule has 0 fully saturated rings. The van der Waals surface area contributed by atoms with Crippen LogP contribution < -0.4 is 11.5 Å². The molecule has 0 radical (unpaired) electrons. The van der Waals surface area contributed by atoms with Gasteiger partial charge in [-0.15, -0.1) is 0 Å². The summed E-state index contributed by atoms with van der Waals surface area (Å²) in [6.07, 6.45) is -4.42. The molecule has 0 saturated carbocycles. The first-order valence-electron chi connectivity index (χ1n) is 4.18. The molecule has 0 aliphatic heterocycles. The second-order valence-electron chi connectivity index (χ2n) is 3.11. The van der Waals surface area contributed by atoms with E-state index in [1.807, 2.05) is 0 Å². The highest BCUT2D eigenvalue weighted by atomic mass is 35.5. The van der Waals surface area contributed by atoms with Crippen LogP contribution in [-0.4, -0.2) is 6.54 Å². The lowest BCUT2D eigenvalue weighted by atomic mass is 10.0. The SMILES string of the molecule is NC[C@H](N)c1cc(Cl)cc(C(F)(F)F)c1. The van der Waals surface area contributed by atoms with E-state index in [9.17, 15) is 13.2 Å². The largest absolute Gasteiger partial charge is 0.416 e. The molecule has 15 heavy (non-hydrogen) atoms. The van der Waals surface area contributed by atoms with Gasteiger partial charge in [0, 0.05) is 17.6 Å². The molecule has 1 aromatic rings. The van der Waals surface area contributed by atoms with E-state index in [0.717, 1.165) is 12.1 Å². The normalized spacial score (nSPS) is 14.0. The summed E-state index contributed by atoms with van der Waals surface area (Å²) in [6, 6.07) is 2.57. The van der Waals surface area contributed by atoms with Gasteiger partial charge >= 0.3 is 6.18 Å². The van der Waals surface area contributed by atoms with E-state index in [1.54, 1.807) is 0 Å². The number of hydrogen-bond donors (Lipinski definition) is 2. The van der Waals surface area contributed by atoms with Gasteiger partial charge in [0.15, 0.2) is 0 Å². The Kier molecular flexibility index (Phi) is 3.59. The molecule has 0 saturated heterocycles. The molecule has 84 valence electrons. The Labute approximate surface area is 90.0 Å². The third-order valence-corrected chi connectivity index (χ3v) is 2.15. The number of halogens is 4. The molecule has 6 heteroatoms. The van der Waals surface area contributed by atoms with Gasteiger partial charge in [-0.1, -0.05) is 11.6 Å². The summed E-state index contributed by atoms with van der Waals surface area (Å²) >= 11 is 5.56. The lowest BCUT2D eigenvalue weighted by molar-refractivity contribution is -0.137. The highest BCUT2D eigenvalue weighted by Crippen LogP contribution is 2.32. The molecule has 1 atom stereocenters. The van der Waals surface area contributed by atoms with Gasteiger partial charge in [-0.25, -0.2) is 0 Å². The van der Waals surface area contributed by atoms with Crippen LogP contribution in [0.3, 0.4) is 0 Å². The van der Waals surface area contributed by atoms with E-state index >= 15 is 0 Å². The highest BCUT2D eigenvalue weighted by molar-refractivity contribution is 6.30. The molecule has 0 aromatic heterocycles. The maximum atomic E-state index is 12.4. The van der Waals surface area contributed by atoms with Crippen molar-refractivity contribution >= 4 is 11.6 Å². The zero-order chi connectivity index (χ0) is 11.6. The quantitative estimate of drug-likeness (QED) is 0.831. The number of alkyl halides is 3. The van der Waals surface area contributed by atoms with Crippen LogP contribution in [0.1, 0.15) is 17.2 Å². The van der Waals surface area contributed by atoms with Gasteiger partial charge in [-0.05, 0) is 23.8 Å². The number of nitrogens with two attached hydrogens (primary N) is 2. The molecule has 0 unspecified atom stereocenters. The van der Waals surface area contributed by atoms with Crippen LogP contribution >= 0.6 is 11.6 Å². The predicted molar refractivity (Wildman–Crippen MR) is 52.4 cm³/mol. The van der Waals surface area contributed by atoms with E-state index in [1.165, 1.54) is 6.07 Å². The van der Waals surface area contributed by atoms with E-state index in [2.05, 4.69) is 0 Å². The minimum Gasteiger partial charge on any atom is -0.329 e. The van der Waals surface area contributed by atoms with Crippen LogP contribution in [-0.2, 0) is 6.18 Å². The topological polar surface area (TPSA) is 52.0 Å². The molecule has 0 heterocycles. The molecule has 1 rings (SSSR count). The van der Waals surface area contributed by atoms with Gasteiger partial charge in [-0.3, -0.25) is 0 Å². The van der Waals surface area contributed by atoms with Crippen LogP contribution in [0.15, 0.2) is 18.2 Å². The van der Waals surface area contributed by atoms with Gasteiger partial charge in [-0.2, -0.15) is 13.2 Å². The van der Waals surface area contributed by atoms with Gasteiger partial charge in [0.05, 0.1) is 5.56 Å². The second kappa shape index (κ2) is 4.38. The van der Waals surface area contributed by atoms with Crippen molar-refractivity contribution in [3.63, 3.8) is 0 Å². The Balaban J connectivity index is 3.17. The van der Waals surface area contributed by atoms with E-state index < -0.39 is 17.8 Å². The first-order chi connectivity index (χ1) is 6.84. The van der Waals surface area contributed by atoms with Crippen molar-refractivity contribution in [1.82, 2.24) is 0 Å². The zero-order valence-electron chi connectivity index (χ0n) is 7.68. The first-order valence-corrected chi connectivity index (χ1v) is 4.55. The smallest absolute Gasteiger partial charge is 0.329 e. The number of rotatable bonds is 2. The fraction of sp³-hybridized carbons (Fsp3) is 0.333. The minimum absolute atomic E-state index is 0.00345. The fourth-order valence-corrected chi connectivity index (χ4v) is 1.37. The van der Waals surface area contributed by atoms with Crippen LogP contribution in [0, 0.1) is 0 Å². The maximum absolute atomic E-state index is 12.4. The molecule has 0 amide bonds. The van der Waals surface area contributed by atoms with Crippen molar-refractivity contribution in [1.29, 1.82) is 0 Å². The van der Waals surface area contributed by atoms with E-state index in [-0.39, 0.29) is 17.1 Å². The molecule has 2 nitrogen and oxygen atoms in total. The molecule has 0 aliphatic carbocycles. The van der Waals surface area contributed by atoms with Gasteiger partial charge in [0.25, 0.3) is 0 Å². The van der Waals surface area contributed by atoms with Gasteiger partial charge < -0.3 is 11.5 Å². The Bertz CT molecular complexity index is 352. The van der Waals surface area contributed by atoms with Crippen molar-refractivity contribution in [2.75, 3.05) is 6.54 Å². The Morgan fingerprint density at radius 1 is 1.27 bits per heavy atom. The molecule has 0 aliphatic rings. The zero-order valence-corrected chi connectivity index (χ0v) is 8.44. The lowest BCUT2D eigenvalue weighted by Crippen LogP contribution is -2.21. The summed E-state index contributed by atoms with van der Waals surface area (Å²) in [7, 11) is 0. The average Bonchev–Trinajstić information content (AvgIpc) is 2.14. The van der Waals surface area contributed by atoms with Crippen LogP contribution in [0.5, 0.6) is 0 Å². The summed E-state index contributed by atoms with van der Waals surface area (Å²) in [4.78, 5) is 0. The van der Waals surface area contributed by atoms with Crippen molar-refractivity contribution in [2.24, 2.45) is 11.5 Å². The van der Waals surface area contributed by atoms with E-state index in [0.29, 0.717) is 0 Å². The van der Waals surface area contributed by atoms with Crippen molar-refractivity contribution in [3.05, 3.63) is 34.3 Å². The molecular weight excluding hydrogens is 229 g/mol. The van der Waals surface area contributed by atoms with Crippen molar-refractivity contribution in [3.8, 4) is 0 Å². The van der Waals surface area contributed by atoms with Crippen molar-refractivity contribution < 1.29 is 13.2 Å². The fourth-order valence-electron chi connectivity index (χ4n) is 1.13. The van der Waals surface area contributed by atoms with Crippen molar-refractivity contribution in [2.45, 2.75) is 12.2 Å². The molecule has 0 bridgehead atoms. The van der Waals surface area contributed by atoms with Gasteiger partial charge in [0.2, 0.25) is 0 Å². The Morgan fingerprint density at radius 3 is 2.33 bits per heavy atom. The van der Waals surface area contributed by atoms with E-state index in [4.69, 9.17) is 23.1 Å². The maximum Gasteiger partial charge on any atom is 0.416 e. The average molecular weight is 239 g/mol. The van der Waals surface area contributed by atoms with Gasteiger partial charge in [0.1, 0.15) is 0 Å². The molecule has 0 spiro atoms.